The number of hydrogen-bond acceptors (Lipinski definition) is 3. The van der Waals surface area contributed by atoms with E-state index in [1.165, 1.54) is 4.31 Å². The molecule has 0 fully saturated rings. The zero-order valence-electron chi connectivity index (χ0n) is 9.58. The molecular weight excluding hydrogens is 200 g/mol. The molecule has 5 heteroatoms. The summed E-state index contributed by atoms with van der Waals surface area (Å²) in [7, 11) is 0.0899. The molecule has 0 radical (unpaired) electrons. The third-order valence-corrected chi connectivity index (χ3v) is 3.82. The average molecular weight is 222 g/mol. The Morgan fingerprint density at radius 2 is 1.79 bits per heavy atom. The molecule has 0 aromatic rings. The minimum atomic E-state index is -3.03. The normalized spacial score (nSPS) is 12.7. The lowest BCUT2D eigenvalue weighted by Gasteiger charge is -2.11. The molecule has 0 heterocycles. The largest absolute Gasteiger partial charge is 0.316 e. The summed E-state index contributed by atoms with van der Waals surface area (Å²) in [5, 5.41) is 3.12. The Balaban J connectivity index is 3.55. The highest BCUT2D eigenvalue weighted by Crippen LogP contribution is 1.96. The summed E-state index contributed by atoms with van der Waals surface area (Å²) in [5.41, 5.74) is 0. The van der Waals surface area contributed by atoms with Crippen molar-refractivity contribution >= 4 is 10.0 Å². The van der Waals surface area contributed by atoms with E-state index in [-0.39, 0.29) is 5.75 Å². The van der Waals surface area contributed by atoms with Crippen molar-refractivity contribution < 1.29 is 8.42 Å². The lowest BCUT2D eigenvalue weighted by Crippen LogP contribution is -2.31. The van der Waals surface area contributed by atoms with E-state index in [0.29, 0.717) is 12.5 Å². The fourth-order valence-corrected chi connectivity index (χ4v) is 1.67. The molecule has 4 nitrogen and oxygen atoms in total. The summed E-state index contributed by atoms with van der Waals surface area (Å²) in [6.45, 7) is 5.73. The van der Waals surface area contributed by atoms with Crippen LogP contribution in [-0.2, 0) is 10.0 Å². The molecule has 0 aliphatic heterocycles. The van der Waals surface area contributed by atoms with E-state index in [9.17, 15) is 8.42 Å². The van der Waals surface area contributed by atoms with Gasteiger partial charge in [0.05, 0.1) is 5.75 Å². The van der Waals surface area contributed by atoms with E-state index in [1.807, 2.05) is 0 Å². The number of sulfonamides is 1. The maximum Gasteiger partial charge on any atom is 0.214 e. The van der Waals surface area contributed by atoms with E-state index in [1.54, 1.807) is 14.1 Å². The molecule has 0 saturated heterocycles. The Bertz CT molecular complexity index is 235. The Morgan fingerprint density at radius 1 is 1.21 bits per heavy atom. The van der Waals surface area contributed by atoms with Gasteiger partial charge in [-0.05, 0) is 18.9 Å². The Hall–Kier alpha value is -0.130. The first-order valence-corrected chi connectivity index (χ1v) is 6.58. The fourth-order valence-electron chi connectivity index (χ4n) is 0.899. The van der Waals surface area contributed by atoms with Gasteiger partial charge >= 0.3 is 0 Å². The molecule has 1 N–H and O–H groups in total. The predicted molar refractivity (Wildman–Crippen MR) is 59.8 cm³/mol. The minimum Gasteiger partial charge on any atom is -0.316 e. The molecule has 86 valence electrons. The minimum absolute atomic E-state index is 0.179. The van der Waals surface area contributed by atoms with Crippen LogP contribution in [0.4, 0.5) is 0 Å². The van der Waals surface area contributed by atoms with Crippen LogP contribution in [0.2, 0.25) is 0 Å². The van der Waals surface area contributed by atoms with Gasteiger partial charge in [0, 0.05) is 20.6 Å². The Labute approximate surface area is 87.7 Å². The van der Waals surface area contributed by atoms with Crippen molar-refractivity contribution in [2.75, 3.05) is 32.9 Å². The fraction of sp³-hybridized carbons (Fsp3) is 1.00. The van der Waals surface area contributed by atoms with Crippen molar-refractivity contribution in [3.8, 4) is 0 Å². The maximum atomic E-state index is 11.3. The third kappa shape index (κ3) is 6.34. The number of nitrogens with zero attached hydrogens (tertiary/aromatic N) is 1. The molecule has 0 atom stereocenters. The van der Waals surface area contributed by atoms with Crippen LogP contribution in [0.1, 0.15) is 20.3 Å². The average Bonchev–Trinajstić information content (AvgIpc) is 2.02. The van der Waals surface area contributed by atoms with Gasteiger partial charge in [-0.15, -0.1) is 0 Å². The van der Waals surface area contributed by atoms with Crippen LogP contribution in [0.3, 0.4) is 0 Å². The van der Waals surface area contributed by atoms with E-state index in [2.05, 4.69) is 19.2 Å². The topological polar surface area (TPSA) is 49.4 Å². The molecule has 0 rings (SSSR count). The second-order valence-electron chi connectivity index (χ2n) is 4.03. The first kappa shape index (κ1) is 13.9. The Kier molecular flexibility index (Phi) is 6.31. The molecule has 0 unspecified atom stereocenters. The van der Waals surface area contributed by atoms with Crippen molar-refractivity contribution in [3.63, 3.8) is 0 Å². The second-order valence-corrected chi connectivity index (χ2v) is 6.33. The van der Waals surface area contributed by atoms with Crippen molar-refractivity contribution in [1.82, 2.24) is 9.62 Å². The van der Waals surface area contributed by atoms with Crippen molar-refractivity contribution in [2.24, 2.45) is 5.92 Å². The summed E-state index contributed by atoms with van der Waals surface area (Å²) >= 11 is 0. The van der Waals surface area contributed by atoms with Gasteiger partial charge in [0.1, 0.15) is 0 Å². The van der Waals surface area contributed by atoms with Gasteiger partial charge in [0.15, 0.2) is 0 Å². The molecule has 0 spiro atoms. The highest BCUT2D eigenvalue weighted by Gasteiger charge is 2.11. The predicted octanol–water partition coefficient (Wildman–Crippen LogP) is 0.514. The van der Waals surface area contributed by atoms with Crippen molar-refractivity contribution in [1.29, 1.82) is 0 Å². The molecule has 0 amide bonds. The zero-order chi connectivity index (χ0) is 11.2. The Morgan fingerprint density at radius 3 is 2.21 bits per heavy atom. The monoisotopic (exact) mass is 222 g/mol. The standard InChI is InChI=1S/C9H22N2O2S/c1-9(2)5-6-10-7-8-14(12,13)11(3)4/h9-10H,5-8H2,1-4H3. The van der Waals surface area contributed by atoms with E-state index in [0.717, 1.165) is 13.0 Å². The maximum absolute atomic E-state index is 11.3. The lowest BCUT2D eigenvalue weighted by atomic mass is 10.1. The van der Waals surface area contributed by atoms with E-state index >= 15 is 0 Å². The second kappa shape index (κ2) is 6.37. The van der Waals surface area contributed by atoms with Gasteiger partial charge in [0.2, 0.25) is 10.0 Å². The molecule has 0 aliphatic carbocycles. The summed E-state index contributed by atoms with van der Waals surface area (Å²) in [6, 6.07) is 0. The van der Waals surface area contributed by atoms with Gasteiger partial charge in [-0.25, -0.2) is 12.7 Å². The number of rotatable bonds is 7. The van der Waals surface area contributed by atoms with Crippen molar-refractivity contribution in [3.05, 3.63) is 0 Å². The quantitative estimate of drug-likeness (QED) is 0.639. The summed E-state index contributed by atoms with van der Waals surface area (Å²) in [5.74, 6) is 0.839. The van der Waals surface area contributed by atoms with Gasteiger partial charge in [-0.3, -0.25) is 0 Å². The van der Waals surface area contributed by atoms with Crippen LogP contribution < -0.4 is 5.32 Å². The highest BCUT2D eigenvalue weighted by atomic mass is 32.2. The highest BCUT2D eigenvalue weighted by molar-refractivity contribution is 7.89. The number of nitrogens with one attached hydrogen (secondary N) is 1. The first-order valence-electron chi connectivity index (χ1n) is 4.97. The van der Waals surface area contributed by atoms with Gasteiger partial charge in [-0.2, -0.15) is 0 Å². The summed E-state index contributed by atoms with van der Waals surface area (Å²) in [4.78, 5) is 0. The van der Waals surface area contributed by atoms with Crippen LogP contribution in [0, 0.1) is 5.92 Å². The van der Waals surface area contributed by atoms with Crippen LogP contribution in [0.5, 0.6) is 0 Å². The van der Waals surface area contributed by atoms with Crippen molar-refractivity contribution in [2.45, 2.75) is 20.3 Å². The molecule has 0 saturated carbocycles. The van der Waals surface area contributed by atoms with Crippen LogP contribution in [0.25, 0.3) is 0 Å². The SMILES string of the molecule is CC(C)CCNCCS(=O)(=O)N(C)C. The van der Waals surface area contributed by atoms with E-state index in [4.69, 9.17) is 0 Å². The smallest absolute Gasteiger partial charge is 0.214 e. The molecule has 0 aromatic carbocycles. The molecule has 0 aromatic heterocycles. The van der Waals surface area contributed by atoms with Gasteiger partial charge < -0.3 is 5.32 Å². The van der Waals surface area contributed by atoms with Gasteiger partial charge in [-0.1, -0.05) is 13.8 Å². The zero-order valence-corrected chi connectivity index (χ0v) is 10.4. The summed E-state index contributed by atoms with van der Waals surface area (Å²) < 4.78 is 23.9. The molecule has 0 bridgehead atoms. The van der Waals surface area contributed by atoms with Gasteiger partial charge in [0.25, 0.3) is 0 Å². The van der Waals surface area contributed by atoms with Crippen LogP contribution in [-0.4, -0.2) is 45.7 Å². The third-order valence-electron chi connectivity index (χ3n) is 1.99. The van der Waals surface area contributed by atoms with Crippen LogP contribution >= 0.6 is 0 Å². The summed E-state index contributed by atoms with van der Waals surface area (Å²) in [6.07, 6.45) is 1.09. The molecular formula is C9H22N2O2S. The van der Waals surface area contributed by atoms with E-state index < -0.39 is 10.0 Å². The number of hydrogen-bond donors (Lipinski definition) is 1. The lowest BCUT2D eigenvalue weighted by molar-refractivity contribution is 0.512. The molecule has 0 aliphatic rings. The van der Waals surface area contributed by atoms with Crippen LogP contribution in [0.15, 0.2) is 0 Å². The molecule has 14 heavy (non-hydrogen) atoms. The first-order chi connectivity index (χ1) is 6.36.